The van der Waals surface area contributed by atoms with E-state index in [1.165, 1.54) is 0 Å². The molecule has 8 heteroatoms. The van der Waals surface area contributed by atoms with E-state index in [0.29, 0.717) is 0 Å². The zero-order valence-corrected chi connectivity index (χ0v) is 8.60. The zero-order valence-electron chi connectivity index (χ0n) is 6.96. The second kappa shape index (κ2) is 3.52. The zero-order chi connectivity index (χ0) is 10.1. The summed E-state index contributed by atoms with van der Waals surface area (Å²) in [6, 6.07) is 0. The molecule has 1 aliphatic heterocycles. The second-order valence-electron chi connectivity index (χ2n) is 2.76. The Kier molecular flexibility index (Phi) is 2.95. The van der Waals surface area contributed by atoms with Gasteiger partial charge in [-0.1, -0.05) is 0 Å². The number of hydrogen-bond acceptors (Lipinski definition) is 6. The highest BCUT2D eigenvalue weighted by molar-refractivity contribution is 7.87. The van der Waals surface area contributed by atoms with Gasteiger partial charge < -0.3 is 0 Å². The third-order valence-electron chi connectivity index (χ3n) is 1.44. The van der Waals surface area contributed by atoms with Gasteiger partial charge in [-0.25, -0.2) is 0 Å². The van der Waals surface area contributed by atoms with E-state index >= 15 is 0 Å². The van der Waals surface area contributed by atoms with Crippen LogP contribution in [0.1, 0.15) is 6.42 Å². The van der Waals surface area contributed by atoms with E-state index in [-0.39, 0.29) is 18.8 Å². The summed E-state index contributed by atoms with van der Waals surface area (Å²) >= 11 is 0. The Morgan fingerprint density at radius 1 is 1.54 bits per heavy atom. The molecule has 1 aliphatic rings. The van der Waals surface area contributed by atoms with Gasteiger partial charge in [0.05, 0.1) is 18.6 Å². The summed E-state index contributed by atoms with van der Waals surface area (Å²) in [7, 11) is -6.96. The maximum absolute atomic E-state index is 10.7. The molecular weight excluding hydrogens is 220 g/mol. The first-order chi connectivity index (χ1) is 5.79. The molecule has 0 spiro atoms. The molecule has 0 bridgehead atoms. The lowest BCUT2D eigenvalue weighted by Gasteiger charge is -2.05. The van der Waals surface area contributed by atoms with E-state index in [4.69, 9.17) is 0 Å². The van der Waals surface area contributed by atoms with Gasteiger partial charge in [-0.15, -0.1) is 0 Å². The molecule has 0 saturated carbocycles. The molecule has 78 valence electrons. The van der Waals surface area contributed by atoms with Crippen molar-refractivity contribution in [2.45, 2.75) is 12.5 Å². The van der Waals surface area contributed by atoms with Crippen molar-refractivity contribution < 1.29 is 25.2 Å². The molecule has 1 unspecified atom stereocenters. The van der Waals surface area contributed by atoms with Crippen LogP contribution in [0.2, 0.25) is 0 Å². The van der Waals surface area contributed by atoms with Gasteiger partial charge in [-0.05, 0) is 6.42 Å². The van der Waals surface area contributed by atoms with Crippen molar-refractivity contribution in [3.05, 3.63) is 0 Å². The first-order valence-corrected chi connectivity index (χ1v) is 6.93. The van der Waals surface area contributed by atoms with E-state index in [2.05, 4.69) is 8.37 Å². The Balaban J connectivity index is 2.42. The highest BCUT2D eigenvalue weighted by Gasteiger charge is 2.29. The molecule has 0 aromatic heterocycles. The van der Waals surface area contributed by atoms with Crippen molar-refractivity contribution in [3.8, 4) is 0 Å². The van der Waals surface area contributed by atoms with Gasteiger partial charge in [0, 0.05) is 0 Å². The highest BCUT2D eigenvalue weighted by atomic mass is 32.2. The summed E-state index contributed by atoms with van der Waals surface area (Å²) < 4.78 is 51.4. The van der Waals surface area contributed by atoms with Crippen molar-refractivity contribution >= 4 is 20.2 Å². The van der Waals surface area contributed by atoms with Crippen LogP contribution < -0.4 is 0 Å². The summed E-state index contributed by atoms with van der Waals surface area (Å²) in [6.45, 7) is -0.238. The van der Waals surface area contributed by atoms with Crippen LogP contribution in [0.5, 0.6) is 0 Å². The van der Waals surface area contributed by atoms with E-state index in [0.717, 1.165) is 6.26 Å². The molecule has 1 heterocycles. The summed E-state index contributed by atoms with van der Waals surface area (Å²) in [4.78, 5) is 0. The number of rotatable bonds is 3. The molecule has 0 radical (unpaired) electrons. The van der Waals surface area contributed by atoms with Crippen LogP contribution in [0.3, 0.4) is 0 Å². The van der Waals surface area contributed by atoms with E-state index < -0.39 is 26.3 Å². The minimum absolute atomic E-state index is 0.0786. The average molecular weight is 230 g/mol. The minimum Gasteiger partial charge on any atom is -0.268 e. The Morgan fingerprint density at radius 2 is 2.15 bits per heavy atom. The summed E-state index contributed by atoms with van der Waals surface area (Å²) in [5.41, 5.74) is 0. The molecule has 0 N–H and O–H groups in total. The van der Waals surface area contributed by atoms with Crippen LogP contribution in [0, 0.1) is 0 Å². The van der Waals surface area contributed by atoms with E-state index in [9.17, 15) is 16.8 Å². The fraction of sp³-hybridized carbons (Fsp3) is 1.00. The molecule has 0 aliphatic carbocycles. The lowest BCUT2D eigenvalue weighted by Crippen LogP contribution is -2.17. The van der Waals surface area contributed by atoms with Crippen LogP contribution in [-0.4, -0.2) is 41.6 Å². The van der Waals surface area contributed by atoms with Crippen LogP contribution in [0.15, 0.2) is 0 Å². The maximum Gasteiger partial charge on any atom is 0.267 e. The second-order valence-corrected chi connectivity index (χ2v) is 6.12. The molecule has 1 saturated heterocycles. The predicted molar refractivity (Wildman–Crippen MR) is 44.1 cm³/mol. The molecular formula is C5H10O6S2. The Labute approximate surface area is 77.1 Å². The third-order valence-corrected chi connectivity index (χ3v) is 3.31. The standard InChI is InChI=1S/C5H10O6S2/c1-12(6,7)10-4-5-2-3-13(8,9)11-5/h5H,2-4H2,1H3. The van der Waals surface area contributed by atoms with Gasteiger partial charge in [0.1, 0.15) is 6.10 Å². The van der Waals surface area contributed by atoms with E-state index in [1.54, 1.807) is 0 Å². The fourth-order valence-electron chi connectivity index (χ4n) is 0.890. The topological polar surface area (TPSA) is 86.7 Å². The van der Waals surface area contributed by atoms with Gasteiger partial charge in [-0.3, -0.25) is 8.37 Å². The van der Waals surface area contributed by atoms with Crippen molar-refractivity contribution in [2.75, 3.05) is 18.6 Å². The lowest BCUT2D eigenvalue weighted by molar-refractivity contribution is 0.155. The maximum atomic E-state index is 10.7. The van der Waals surface area contributed by atoms with Gasteiger partial charge in [-0.2, -0.15) is 16.8 Å². The van der Waals surface area contributed by atoms with Gasteiger partial charge >= 0.3 is 0 Å². The SMILES string of the molecule is CS(=O)(=O)OCC1CCS(=O)(=O)O1. The number of hydrogen-bond donors (Lipinski definition) is 0. The predicted octanol–water partition coefficient (Wildman–Crippen LogP) is -0.919. The Bertz CT molecular complexity index is 366. The molecule has 6 nitrogen and oxygen atoms in total. The highest BCUT2D eigenvalue weighted by Crippen LogP contribution is 2.16. The normalized spacial score (nSPS) is 27.6. The molecule has 0 amide bonds. The Hall–Kier alpha value is -0.180. The van der Waals surface area contributed by atoms with Crippen molar-refractivity contribution in [1.29, 1.82) is 0 Å². The van der Waals surface area contributed by atoms with E-state index in [1.807, 2.05) is 0 Å². The van der Waals surface area contributed by atoms with Gasteiger partial charge in [0.15, 0.2) is 0 Å². The first-order valence-electron chi connectivity index (χ1n) is 3.54. The minimum atomic E-state index is -3.52. The van der Waals surface area contributed by atoms with Crippen LogP contribution in [-0.2, 0) is 28.6 Å². The fourth-order valence-corrected chi connectivity index (χ4v) is 2.50. The quantitative estimate of drug-likeness (QED) is 0.583. The van der Waals surface area contributed by atoms with Crippen molar-refractivity contribution in [1.82, 2.24) is 0 Å². The first kappa shape index (κ1) is 10.9. The molecule has 13 heavy (non-hydrogen) atoms. The summed E-state index contributed by atoms with van der Waals surface area (Å²) in [5, 5.41) is 0. The summed E-state index contributed by atoms with van der Waals surface area (Å²) in [5.74, 6) is -0.0786. The summed E-state index contributed by atoms with van der Waals surface area (Å²) in [6.07, 6.45) is 0.508. The van der Waals surface area contributed by atoms with Crippen LogP contribution >= 0.6 is 0 Å². The van der Waals surface area contributed by atoms with Gasteiger partial charge in [0.25, 0.3) is 20.2 Å². The van der Waals surface area contributed by atoms with Crippen LogP contribution in [0.25, 0.3) is 0 Å². The average Bonchev–Trinajstić information content (AvgIpc) is 2.24. The smallest absolute Gasteiger partial charge is 0.267 e. The molecule has 0 aromatic carbocycles. The largest absolute Gasteiger partial charge is 0.268 e. The molecule has 0 aromatic rings. The monoisotopic (exact) mass is 230 g/mol. The van der Waals surface area contributed by atoms with Gasteiger partial charge in [0.2, 0.25) is 0 Å². The molecule has 1 rings (SSSR count). The molecule has 1 atom stereocenters. The third kappa shape index (κ3) is 4.03. The van der Waals surface area contributed by atoms with Crippen molar-refractivity contribution in [2.24, 2.45) is 0 Å². The lowest BCUT2D eigenvalue weighted by atomic mass is 10.3. The van der Waals surface area contributed by atoms with Crippen LogP contribution in [0.4, 0.5) is 0 Å². The molecule has 1 fully saturated rings. The van der Waals surface area contributed by atoms with Crippen molar-refractivity contribution in [3.63, 3.8) is 0 Å². The Morgan fingerprint density at radius 3 is 2.54 bits per heavy atom.